The number of aldehydes is 1. The number of hydrogen-bond donors (Lipinski definition) is 5. The predicted octanol–water partition coefficient (Wildman–Crippen LogP) is 2.54. The summed E-state index contributed by atoms with van der Waals surface area (Å²) in [7, 11) is 0. The Kier molecular flexibility index (Phi) is 20.0. The maximum absolute atomic E-state index is 11.9. The fraction of sp³-hybridized carbons (Fsp3) is 0.382. The molecular formula is C34H38N8O13. The minimum Gasteiger partial charge on any atom is -0.504 e. The number of nitrogens with one attached hydrogen (secondary N) is 1. The molecular weight excluding hydrogens is 728 g/mol. The second kappa shape index (κ2) is 24.0. The summed E-state index contributed by atoms with van der Waals surface area (Å²) >= 11 is 0. The van der Waals surface area contributed by atoms with E-state index in [4.69, 9.17) is 27.3 Å². The van der Waals surface area contributed by atoms with Gasteiger partial charge < -0.3 is 45.1 Å². The van der Waals surface area contributed by atoms with Gasteiger partial charge in [0.2, 0.25) is 17.4 Å². The Morgan fingerprint density at radius 3 is 1.73 bits per heavy atom. The van der Waals surface area contributed by atoms with E-state index < -0.39 is 56.1 Å². The van der Waals surface area contributed by atoms with Gasteiger partial charge in [-0.2, -0.15) is 10.5 Å². The van der Waals surface area contributed by atoms with Crippen molar-refractivity contribution in [3.63, 3.8) is 0 Å². The number of amides is 2. The van der Waals surface area contributed by atoms with E-state index in [-0.39, 0.29) is 35.6 Å². The summed E-state index contributed by atoms with van der Waals surface area (Å²) in [6, 6.07) is 7.41. The molecule has 3 fully saturated rings. The molecule has 3 aliphatic heterocycles. The van der Waals surface area contributed by atoms with Gasteiger partial charge in [0, 0.05) is 43.9 Å². The minimum atomic E-state index is -0.887. The van der Waals surface area contributed by atoms with Gasteiger partial charge in [-0.3, -0.25) is 34.6 Å². The van der Waals surface area contributed by atoms with Crippen LogP contribution in [0.4, 0.5) is 11.4 Å². The molecule has 0 unspecified atom stereocenters. The van der Waals surface area contributed by atoms with Crippen molar-refractivity contribution >= 4 is 41.5 Å². The molecule has 5 rings (SSSR count). The largest absolute Gasteiger partial charge is 0.504 e. The highest BCUT2D eigenvalue weighted by Gasteiger charge is 2.25. The van der Waals surface area contributed by atoms with Gasteiger partial charge in [0.1, 0.15) is 24.3 Å². The number of rotatable bonds is 8. The summed E-state index contributed by atoms with van der Waals surface area (Å²) in [6.45, 7) is 13.5. The lowest BCUT2D eigenvalue weighted by atomic mass is 10.1. The van der Waals surface area contributed by atoms with Crippen LogP contribution in [0.2, 0.25) is 0 Å². The summed E-state index contributed by atoms with van der Waals surface area (Å²) < 4.78 is 4.43. The van der Waals surface area contributed by atoms with Gasteiger partial charge in [0.05, 0.1) is 22.5 Å². The van der Waals surface area contributed by atoms with Crippen LogP contribution in [-0.4, -0.2) is 117 Å². The Labute approximate surface area is 314 Å². The van der Waals surface area contributed by atoms with Crippen molar-refractivity contribution in [3.05, 3.63) is 72.6 Å². The molecule has 2 amide bonds. The Morgan fingerprint density at radius 2 is 1.38 bits per heavy atom. The number of phenolic OH excluding ortho intramolecular Hbond substituents is 4. The third-order valence-electron chi connectivity index (χ3n) is 7.18. The van der Waals surface area contributed by atoms with E-state index in [1.165, 1.54) is 24.4 Å². The fourth-order valence-corrected chi connectivity index (χ4v) is 3.87. The van der Waals surface area contributed by atoms with Crippen LogP contribution in [-0.2, 0) is 19.1 Å². The molecule has 2 aromatic carbocycles. The fourth-order valence-electron chi connectivity index (χ4n) is 3.87. The number of benzene rings is 2. The highest BCUT2D eigenvalue weighted by atomic mass is 16.6. The van der Waals surface area contributed by atoms with Gasteiger partial charge >= 0.3 is 23.9 Å². The molecule has 0 spiro atoms. The third-order valence-corrected chi connectivity index (χ3v) is 7.18. The van der Waals surface area contributed by atoms with Crippen molar-refractivity contribution in [3.8, 4) is 35.1 Å². The van der Waals surface area contributed by atoms with Gasteiger partial charge in [-0.25, -0.2) is 11.4 Å². The van der Waals surface area contributed by atoms with Crippen LogP contribution >= 0.6 is 0 Å². The monoisotopic (exact) mass is 766 g/mol. The van der Waals surface area contributed by atoms with Gasteiger partial charge in [-0.15, -0.1) is 0 Å². The lowest BCUT2D eigenvalue weighted by Gasteiger charge is -2.30. The number of nitrogens with zero attached hydrogens (tertiary/aromatic N) is 7. The lowest BCUT2D eigenvalue weighted by molar-refractivity contribution is -0.386. The van der Waals surface area contributed by atoms with E-state index in [0.29, 0.717) is 26.0 Å². The molecule has 3 aliphatic rings. The minimum absolute atomic E-state index is 0.0243. The molecule has 0 aromatic heterocycles. The summed E-state index contributed by atoms with van der Waals surface area (Å²) in [5, 5.41) is 78.0. The molecule has 3 saturated heterocycles. The number of ether oxygens (including phenoxy) is 1. The quantitative estimate of drug-likeness (QED) is 0.0377. The van der Waals surface area contributed by atoms with E-state index in [0.717, 1.165) is 56.3 Å². The molecule has 292 valence electrons. The number of phenols is 4. The van der Waals surface area contributed by atoms with Crippen molar-refractivity contribution < 1.29 is 54.2 Å². The highest BCUT2D eigenvalue weighted by molar-refractivity contribution is 6.02. The second-order valence-electron chi connectivity index (χ2n) is 11.1. The van der Waals surface area contributed by atoms with Crippen molar-refractivity contribution in [1.29, 1.82) is 10.5 Å². The van der Waals surface area contributed by atoms with Crippen LogP contribution in [0.15, 0.2) is 29.8 Å². The molecule has 21 nitrogen and oxygen atoms in total. The Morgan fingerprint density at radius 1 is 0.909 bits per heavy atom. The lowest BCUT2D eigenvalue weighted by Crippen LogP contribution is -2.42. The topological polar surface area (TPSA) is 315 Å². The number of aromatic hydroxyl groups is 4. The first-order chi connectivity index (χ1) is 26.1. The van der Waals surface area contributed by atoms with Crippen molar-refractivity contribution in [2.75, 3.05) is 52.4 Å². The Bertz CT molecular complexity index is 1860. The molecule has 0 radical (unpaired) electrons. The molecule has 0 bridgehead atoms. The number of nitro groups is 2. The molecule has 55 heavy (non-hydrogen) atoms. The summed E-state index contributed by atoms with van der Waals surface area (Å²) in [5.74, 6) is -3.99. The first kappa shape index (κ1) is 45.7. The van der Waals surface area contributed by atoms with Crippen LogP contribution in [0.25, 0.3) is 10.9 Å². The number of likely N-dealkylation sites (tertiary alicyclic amines) is 2. The zero-order valence-electron chi connectivity index (χ0n) is 29.5. The second-order valence-corrected chi connectivity index (χ2v) is 11.1. The smallest absolute Gasteiger partial charge is 0.387 e. The van der Waals surface area contributed by atoms with Crippen molar-refractivity contribution in [1.82, 2.24) is 15.1 Å². The highest BCUT2D eigenvalue weighted by Crippen LogP contribution is 2.37. The zero-order valence-corrected chi connectivity index (χ0v) is 29.5. The van der Waals surface area contributed by atoms with E-state index in [9.17, 15) is 49.6 Å². The average molecular weight is 767 g/mol. The van der Waals surface area contributed by atoms with Gasteiger partial charge in [0.25, 0.3) is 5.91 Å². The van der Waals surface area contributed by atoms with Gasteiger partial charge in [0.15, 0.2) is 11.5 Å². The number of hydrogen-bond acceptors (Lipinski definition) is 16. The van der Waals surface area contributed by atoms with E-state index in [2.05, 4.69) is 14.9 Å². The van der Waals surface area contributed by atoms with Crippen LogP contribution in [0, 0.1) is 49.5 Å². The van der Waals surface area contributed by atoms with E-state index in [1.54, 1.807) is 17.9 Å². The number of esters is 1. The standard InChI is InChI=1S/C13H11N3O5.C7H5NO5.C6H8N2O.C5H7NO2.C3H7N/c14-7-9(13(19)15-2-1-3-15)4-8-5-10(16(20)21)12(18)11(17)6-8;9-3-4-1-5(8(12)13)7(11)6(10)2-4;7-3-2-6(9)8-4-1-5-8;1-3-8-5(7)4-6-2;1-2-4-3-1/h4-6,17-18H,1-3H2;1-3,10-11H;1-2,4-5H2;3-4H2,1H3;4H,1-3H2/b9-4+;;;;. The van der Waals surface area contributed by atoms with Crippen LogP contribution < -0.4 is 5.32 Å². The van der Waals surface area contributed by atoms with Crippen molar-refractivity contribution in [2.45, 2.75) is 32.6 Å². The molecule has 0 atom stereocenters. The molecule has 0 saturated carbocycles. The number of carbonyl (C=O) groups is 4. The molecule has 5 N–H and O–H groups in total. The number of nitriles is 2. The first-order valence-electron chi connectivity index (χ1n) is 16.3. The normalized spacial score (nSPS) is 13.2. The van der Waals surface area contributed by atoms with Gasteiger partial charge in [-0.05, 0) is 63.0 Å². The molecule has 2 aromatic rings. The third kappa shape index (κ3) is 15.4. The van der Waals surface area contributed by atoms with E-state index >= 15 is 0 Å². The van der Waals surface area contributed by atoms with Gasteiger partial charge in [-0.1, -0.05) is 0 Å². The summed E-state index contributed by atoms with van der Waals surface area (Å²) in [5.41, 5.74) is -1.56. The van der Waals surface area contributed by atoms with Crippen LogP contribution in [0.3, 0.4) is 0 Å². The van der Waals surface area contributed by atoms with Crippen molar-refractivity contribution in [2.24, 2.45) is 0 Å². The van der Waals surface area contributed by atoms with Crippen LogP contribution in [0.5, 0.6) is 23.0 Å². The summed E-state index contributed by atoms with van der Waals surface area (Å²) in [4.78, 5) is 68.4. The maximum Gasteiger partial charge on any atom is 0.387 e. The zero-order chi connectivity index (χ0) is 41.5. The SMILES string of the molecule is C1CNC1.N#C/C(=C\c1cc(O)c(O)c([N+](=O)[O-])c1)C(=O)N1CCC1.N#CCC(=O)N1CCC1.O=Cc1cc(O)c(O)c([N+](=O)[O-])c1.[C-]#[N+]CC(=O)OCC. The number of nitro benzene ring substituents is 2. The molecule has 0 aliphatic carbocycles. The molecule has 21 heteroatoms. The van der Waals surface area contributed by atoms with Crippen LogP contribution in [0.1, 0.15) is 48.5 Å². The maximum atomic E-state index is 11.9. The molecule has 3 heterocycles. The average Bonchev–Trinajstić information content (AvgIpc) is 3.05. The predicted molar refractivity (Wildman–Crippen MR) is 190 cm³/mol. The number of carbonyl (C=O) groups excluding carboxylic acids is 4. The Balaban J connectivity index is 0.000000379. The summed E-state index contributed by atoms with van der Waals surface area (Å²) in [6.07, 6.45) is 4.88. The van der Waals surface area contributed by atoms with E-state index in [1.807, 2.05) is 6.07 Å². The first-order valence-corrected chi connectivity index (χ1v) is 16.3. The Hall–Kier alpha value is -7.31.